The molecule has 19 heavy (non-hydrogen) atoms. The molecule has 1 heterocycles. The molecule has 4 heteroatoms. The fourth-order valence-electron chi connectivity index (χ4n) is 1.58. The standard InChI is InChI=1S/C15H26N4/c1-8-10-11(18-9-17-10)12(14(2,3)4)19-13(16)15(5,6)7/h8-9H,1-7H3,(H2,16,19)(H,17,18)/b10-8+,12-11+. The maximum absolute atomic E-state index is 6.13. The Balaban J connectivity index is 3.66. The first-order valence-corrected chi connectivity index (χ1v) is 6.62. The van der Waals surface area contributed by atoms with Gasteiger partial charge in [-0.25, -0.2) is 9.98 Å². The molecule has 0 saturated heterocycles. The molecule has 0 atom stereocenters. The Labute approximate surface area is 115 Å². The van der Waals surface area contributed by atoms with Crippen LogP contribution in [0.5, 0.6) is 0 Å². The molecule has 1 rings (SSSR count). The largest absolute Gasteiger partial charge is 0.387 e. The maximum Gasteiger partial charge on any atom is 0.110 e. The molecule has 0 saturated carbocycles. The van der Waals surface area contributed by atoms with Gasteiger partial charge in [0.2, 0.25) is 0 Å². The van der Waals surface area contributed by atoms with Crippen molar-refractivity contribution in [2.24, 2.45) is 21.6 Å². The normalized spacial score (nSPS) is 16.8. The molecule has 0 spiro atoms. The number of nitrogens with two attached hydrogens (primary N) is 1. The number of amidine groups is 1. The summed E-state index contributed by atoms with van der Waals surface area (Å²) < 4.78 is 0. The molecule has 1 aromatic rings. The molecule has 3 N–H and O–H groups in total. The van der Waals surface area contributed by atoms with Crippen molar-refractivity contribution in [2.45, 2.75) is 48.5 Å². The highest BCUT2D eigenvalue weighted by Gasteiger charge is 2.22. The third-order valence-electron chi connectivity index (χ3n) is 2.89. The second-order valence-electron chi connectivity index (χ2n) is 6.80. The quantitative estimate of drug-likeness (QED) is 0.598. The molecule has 4 nitrogen and oxygen atoms in total. The molecule has 0 aromatic carbocycles. The number of nitrogens with one attached hydrogen (secondary N) is 1. The highest BCUT2D eigenvalue weighted by Crippen LogP contribution is 2.27. The maximum atomic E-state index is 6.13. The van der Waals surface area contributed by atoms with E-state index in [2.05, 4.69) is 56.5 Å². The van der Waals surface area contributed by atoms with Crippen molar-refractivity contribution in [3.8, 4) is 0 Å². The van der Waals surface area contributed by atoms with Gasteiger partial charge in [-0.15, -0.1) is 0 Å². The predicted octanol–water partition coefficient (Wildman–Crippen LogP) is 1.77. The number of rotatable bonds is 1. The van der Waals surface area contributed by atoms with E-state index < -0.39 is 0 Å². The van der Waals surface area contributed by atoms with Gasteiger partial charge in [-0.2, -0.15) is 0 Å². The van der Waals surface area contributed by atoms with Gasteiger partial charge in [-0.05, 0) is 6.92 Å². The third kappa shape index (κ3) is 3.69. The van der Waals surface area contributed by atoms with Crippen molar-refractivity contribution in [2.75, 3.05) is 0 Å². The van der Waals surface area contributed by atoms with E-state index >= 15 is 0 Å². The van der Waals surface area contributed by atoms with Gasteiger partial charge in [-0.1, -0.05) is 47.6 Å². The fourth-order valence-corrected chi connectivity index (χ4v) is 1.58. The molecule has 106 valence electrons. The summed E-state index contributed by atoms with van der Waals surface area (Å²) in [6, 6.07) is 0. The Bertz CT molecular complexity index is 577. The zero-order valence-corrected chi connectivity index (χ0v) is 13.1. The SMILES string of the molecule is C/C=c1/[nH]cn/c1=C(/N=C(\N)C(C)(C)C)C(C)(C)C. The second kappa shape index (κ2) is 5.19. The summed E-state index contributed by atoms with van der Waals surface area (Å²) in [6.45, 7) is 14.5. The summed E-state index contributed by atoms with van der Waals surface area (Å²) in [6.07, 6.45) is 3.69. The van der Waals surface area contributed by atoms with Gasteiger partial charge >= 0.3 is 0 Å². The lowest BCUT2D eigenvalue weighted by Crippen LogP contribution is -2.34. The number of aliphatic imine (C=N–C) groups is 1. The molecule has 1 aromatic heterocycles. The number of nitrogens with zero attached hydrogens (tertiary/aromatic N) is 2. The van der Waals surface area contributed by atoms with Crippen molar-refractivity contribution >= 4 is 17.6 Å². The fraction of sp³-hybridized carbons (Fsp3) is 0.600. The number of hydrogen-bond acceptors (Lipinski definition) is 2. The van der Waals surface area contributed by atoms with Gasteiger partial charge in [0.25, 0.3) is 0 Å². The van der Waals surface area contributed by atoms with Crippen molar-refractivity contribution in [3.63, 3.8) is 0 Å². The molecule has 0 bridgehead atoms. The Morgan fingerprint density at radius 1 is 1.21 bits per heavy atom. The molecular formula is C15H26N4. The van der Waals surface area contributed by atoms with E-state index in [1.54, 1.807) is 6.33 Å². The number of aromatic amines is 1. The topological polar surface area (TPSA) is 67.1 Å². The van der Waals surface area contributed by atoms with Gasteiger partial charge in [0.1, 0.15) is 11.2 Å². The van der Waals surface area contributed by atoms with E-state index in [4.69, 9.17) is 5.73 Å². The highest BCUT2D eigenvalue weighted by molar-refractivity contribution is 5.88. The minimum Gasteiger partial charge on any atom is -0.387 e. The number of aromatic nitrogens is 2. The van der Waals surface area contributed by atoms with E-state index in [-0.39, 0.29) is 10.8 Å². The van der Waals surface area contributed by atoms with Crippen LogP contribution >= 0.6 is 0 Å². The van der Waals surface area contributed by atoms with Crippen molar-refractivity contribution < 1.29 is 0 Å². The van der Waals surface area contributed by atoms with E-state index in [1.807, 2.05) is 13.0 Å². The highest BCUT2D eigenvalue weighted by atomic mass is 14.9. The Kier molecular flexibility index (Phi) is 4.23. The minimum atomic E-state index is -0.150. The lowest BCUT2D eigenvalue weighted by molar-refractivity contribution is 0.545. The summed E-state index contributed by atoms with van der Waals surface area (Å²) in [7, 11) is 0. The Morgan fingerprint density at radius 3 is 2.21 bits per heavy atom. The third-order valence-corrected chi connectivity index (χ3v) is 2.89. The first-order chi connectivity index (χ1) is 8.57. The van der Waals surface area contributed by atoms with Crippen molar-refractivity contribution in [1.29, 1.82) is 0 Å². The minimum absolute atomic E-state index is 0.122. The molecule has 0 fully saturated rings. The van der Waals surface area contributed by atoms with Crippen LogP contribution in [0.25, 0.3) is 11.8 Å². The van der Waals surface area contributed by atoms with E-state index in [0.29, 0.717) is 5.84 Å². The van der Waals surface area contributed by atoms with Crippen LogP contribution in [0.1, 0.15) is 48.5 Å². The molecule has 0 amide bonds. The second-order valence-corrected chi connectivity index (χ2v) is 6.80. The smallest absolute Gasteiger partial charge is 0.110 e. The van der Waals surface area contributed by atoms with E-state index in [0.717, 1.165) is 16.4 Å². The summed E-state index contributed by atoms with van der Waals surface area (Å²) in [5, 5.41) is 1.86. The van der Waals surface area contributed by atoms with Gasteiger partial charge in [0.05, 0.1) is 17.4 Å². The van der Waals surface area contributed by atoms with Crippen LogP contribution in [0, 0.1) is 10.8 Å². The lowest BCUT2D eigenvalue weighted by Gasteiger charge is -2.23. The first-order valence-electron chi connectivity index (χ1n) is 6.62. The lowest BCUT2D eigenvalue weighted by atomic mass is 9.90. The zero-order valence-electron chi connectivity index (χ0n) is 13.1. The zero-order chi connectivity index (χ0) is 14.8. The molecular weight excluding hydrogens is 236 g/mol. The molecule has 0 radical (unpaired) electrons. The summed E-state index contributed by atoms with van der Waals surface area (Å²) in [4.78, 5) is 12.2. The van der Waals surface area contributed by atoms with E-state index in [1.165, 1.54) is 0 Å². The summed E-state index contributed by atoms with van der Waals surface area (Å²) in [5.74, 6) is 0.627. The van der Waals surface area contributed by atoms with Crippen LogP contribution in [0.15, 0.2) is 11.3 Å². The predicted molar refractivity (Wildman–Crippen MR) is 81.9 cm³/mol. The number of imidazole rings is 1. The van der Waals surface area contributed by atoms with Crippen LogP contribution in [0.2, 0.25) is 0 Å². The number of H-pyrrole nitrogens is 1. The molecule has 0 aliphatic rings. The van der Waals surface area contributed by atoms with Crippen LogP contribution in [-0.4, -0.2) is 15.8 Å². The average Bonchev–Trinajstić information content (AvgIpc) is 2.69. The van der Waals surface area contributed by atoms with Gasteiger partial charge in [0.15, 0.2) is 0 Å². The van der Waals surface area contributed by atoms with Crippen LogP contribution in [0.4, 0.5) is 0 Å². The summed E-state index contributed by atoms with van der Waals surface area (Å²) >= 11 is 0. The molecule has 0 unspecified atom stereocenters. The molecule has 0 aliphatic heterocycles. The van der Waals surface area contributed by atoms with Gasteiger partial charge in [0, 0.05) is 10.8 Å². The van der Waals surface area contributed by atoms with Crippen LogP contribution in [-0.2, 0) is 0 Å². The van der Waals surface area contributed by atoms with Crippen molar-refractivity contribution in [1.82, 2.24) is 9.97 Å². The van der Waals surface area contributed by atoms with Gasteiger partial charge in [-0.3, -0.25) is 0 Å². The first kappa shape index (κ1) is 15.5. The Hall–Kier alpha value is -1.58. The van der Waals surface area contributed by atoms with E-state index in [9.17, 15) is 0 Å². The van der Waals surface area contributed by atoms with Crippen LogP contribution < -0.4 is 16.4 Å². The van der Waals surface area contributed by atoms with Crippen LogP contribution in [0.3, 0.4) is 0 Å². The Morgan fingerprint density at radius 2 is 1.79 bits per heavy atom. The van der Waals surface area contributed by atoms with Crippen molar-refractivity contribution in [3.05, 3.63) is 17.0 Å². The molecule has 0 aliphatic carbocycles. The van der Waals surface area contributed by atoms with Gasteiger partial charge < -0.3 is 10.7 Å². The number of hydrogen-bond donors (Lipinski definition) is 2. The summed E-state index contributed by atoms with van der Waals surface area (Å²) in [5.41, 5.74) is 6.77. The average molecular weight is 262 g/mol. The monoisotopic (exact) mass is 262 g/mol.